The van der Waals surface area contributed by atoms with Crippen molar-refractivity contribution in [1.82, 2.24) is 15.2 Å². The molecule has 2 aromatic rings. The number of methoxy groups -OCH3 is 1. The first-order valence-corrected chi connectivity index (χ1v) is 8.35. The Hall–Kier alpha value is -2.34. The summed E-state index contributed by atoms with van der Waals surface area (Å²) >= 11 is 0. The number of aromatic nitrogens is 1. The van der Waals surface area contributed by atoms with Gasteiger partial charge in [-0.25, -0.2) is 4.98 Å². The van der Waals surface area contributed by atoms with E-state index in [1.54, 1.807) is 13.3 Å². The van der Waals surface area contributed by atoms with Gasteiger partial charge in [0.25, 0.3) is 5.89 Å². The van der Waals surface area contributed by atoms with Crippen molar-refractivity contribution in [3.8, 4) is 17.1 Å². The third-order valence-electron chi connectivity index (χ3n) is 4.87. The van der Waals surface area contributed by atoms with Gasteiger partial charge in [-0.2, -0.15) is 0 Å². The van der Waals surface area contributed by atoms with Crippen LogP contribution in [0.2, 0.25) is 0 Å². The number of hydrogen-bond donors (Lipinski definition) is 1. The van der Waals surface area contributed by atoms with Gasteiger partial charge in [-0.05, 0) is 37.4 Å². The summed E-state index contributed by atoms with van der Waals surface area (Å²) in [5.41, 5.74) is 0.786. The van der Waals surface area contributed by atoms with Crippen LogP contribution in [-0.2, 0) is 0 Å². The molecule has 0 aliphatic carbocycles. The highest BCUT2D eigenvalue weighted by Crippen LogP contribution is 2.30. The largest absolute Gasteiger partial charge is 0.496 e. The summed E-state index contributed by atoms with van der Waals surface area (Å²) in [6, 6.07) is 7.70. The minimum Gasteiger partial charge on any atom is -0.496 e. The summed E-state index contributed by atoms with van der Waals surface area (Å²) in [6.45, 7) is 3.24. The lowest BCUT2D eigenvalue weighted by atomic mass is 9.97. The van der Waals surface area contributed by atoms with Gasteiger partial charge in [0, 0.05) is 19.1 Å². The van der Waals surface area contributed by atoms with Gasteiger partial charge < -0.3 is 19.4 Å². The standard InChI is InChI=1S/C18H21N3O3/c1-23-15-5-3-2-4-14(15)16-9-19-18(24-16)17(22)20-13-8-12-6-7-21(10-12)11-13/h2-5,9,12-13H,6-8,10-11H2,1H3,(H,20,22)/t12-,13+/m0/s1. The second kappa shape index (κ2) is 6.28. The molecular weight excluding hydrogens is 306 g/mol. The molecule has 1 unspecified atom stereocenters. The molecule has 1 amide bonds. The first-order chi connectivity index (χ1) is 11.7. The van der Waals surface area contributed by atoms with Crippen LogP contribution in [-0.4, -0.2) is 48.6 Å². The van der Waals surface area contributed by atoms with E-state index >= 15 is 0 Å². The molecule has 0 saturated carbocycles. The van der Waals surface area contributed by atoms with Gasteiger partial charge in [-0.3, -0.25) is 4.79 Å². The smallest absolute Gasteiger partial charge is 0.307 e. The van der Waals surface area contributed by atoms with Crippen LogP contribution in [0, 0.1) is 5.92 Å². The SMILES string of the molecule is COc1ccccc1-c1cnc(C(=O)N[C@@H]2C[C@@H]3CCN(C3)C2)o1. The molecule has 1 N–H and O–H groups in total. The number of rotatable bonds is 4. The molecule has 6 nitrogen and oxygen atoms in total. The van der Waals surface area contributed by atoms with Gasteiger partial charge in [0.1, 0.15) is 5.75 Å². The van der Waals surface area contributed by atoms with Crippen LogP contribution in [0.15, 0.2) is 34.9 Å². The maximum atomic E-state index is 12.4. The van der Waals surface area contributed by atoms with Gasteiger partial charge in [0.2, 0.25) is 0 Å². The third kappa shape index (κ3) is 2.89. The topological polar surface area (TPSA) is 67.6 Å². The molecule has 2 bridgehead atoms. The molecule has 4 rings (SSSR count). The Labute approximate surface area is 140 Å². The second-order valence-corrected chi connectivity index (χ2v) is 6.55. The Bertz CT molecular complexity index is 731. The lowest BCUT2D eigenvalue weighted by molar-refractivity contribution is 0.0875. The molecule has 126 valence electrons. The number of amides is 1. The van der Waals surface area contributed by atoms with Crippen LogP contribution in [0.5, 0.6) is 5.75 Å². The van der Waals surface area contributed by atoms with E-state index < -0.39 is 0 Å². The van der Waals surface area contributed by atoms with Gasteiger partial charge in [0.05, 0.1) is 18.9 Å². The Morgan fingerprint density at radius 1 is 1.38 bits per heavy atom. The van der Waals surface area contributed by atoms with Crippen molar-refractivity contribution in [2.24, 2.45) is 5.92 Å². The van der Waals surface area contributed by atoms with Crippen LogP contribution in [0.4, 0.5) is 0 Å². The predicted molar refractivity (Wildman–Crippen MR) is 88.9 cm³/mol. The van der Waals surface area contributed by atoms with Crippen LogP contribution in [0.1, 0.15) is 23.5 Å². The quantitative estimate of drug-likeness (QED) is 0.932. The van der Waals surface area contributed by atoms with Crippen molar-refractivity contribution in [2.75, 3.05) is 26.7 Å². The van der Waals surface area contributed by atoms with E-state index in [4.69, 9.17) is 9.15 Å². The molecule has 6 heteroatoms. The molecule has 0 spiro atoms. The summed E-state index contributed by atoms with van der Waals surface area (Å²) in [6.07, 6.45) is 3.85. The Morgan fingerprint density at radius 3 is 3.08 bits per heavy atom. The monoisotopic (exact) mass is 327 g/mol. The molecule has 1 aromatic carbocycles. The fourth-order valence-corrected chi connectivity index (χ4v) is 3.76. The highest BCUT2D eigenvalue weighted by Gasteiger charge is 2.33. The number of fused-ring (bicyclic) bond motifs is 2. The fourth-order valence-electron chi connectivity index (χ4n) is 3.76. The molecule has 0 radical (unpaired) electrons. The molecule has 2 aliphatic rings. The van der Waals surface area contributed by atoms with Gasteiger partial charge >= 0.3 is 5.91 Å². The number of benzene rings is 1. The second-order valence-electron chi connectivity index (χ2n) is 6.55. The predicted octanol–water partition coefficient (Wildman–Crippen LogP) is 2.17. The van der Waals surface area contributed by atoms with Crippen molar-refractivity contribution >= 4 is 5.91 Å². The van der Waals surface area contributed by atoms with Gasteiger partial charge in [-0.15, -0.1) is 0 Å². The summed E-state index contributed by atoms with van der Waals surface area (Å²) in [5, 5.41) is 3.06. The van der Waals surface area contributed by atoms with E-state index in [-0.39, 0.29) is 17.8 Å². The van der Waals surface area contributed by atoms with E-state index in [9.17, 15) is 4.79 Å². The van der Waals surface area contributed by atoms with Crippen LogP contribution in [0.3, 0.4) is 0 Å². The van der Waals surface area contributed by atoms with E-state index in [1.807, 2.05) is 24.3 Å². The minimum atomic E-state index is -0.247. The van der Waals surface area contributed by atoms with Crippen molar-refractivity contribution in [3.63, 3.8) is 0 Å². The third-order valence-corrected chi connectivity index (χ3v) is 4.87. The number of nitrogens with zero attached hydrogens (tertiary/aromatic N) is 2. The molecule has 3 heterocycles. The van der Waals surface area contributed by atoms with Crippen molar-refractivity contribution in [3.05, 3.63) is 36.4 Å². The Morgan fingerprint density at radius 2 is 2.25 bits per heavy atom. The highest BCUT2D eigenvalue weighted by atomic mass is 16.5. The maximum absolute atomic E-state index is 12.4. The van der Waals surface area contributed by atoms with Crippen molar-refractivity contribution in [1.29, 1.82) is 0 Å². The van der Waals surface area contributed by atoms with E-state index in [0.717, 1.165) is 25.1 Å². The van der Waals surface area contributed by atoms with Crippen molar-refractivity contribution < 1.29 is 13.9 Å². The number of carbonyl (C=O) groups is 1. The van der Waals surface area contributed by atoms with Crippen LogP contribution >= 0.6 is 0 Å². The van der Waals surface area contributed by atoms with Crippen LogP contribution in [0.25, 0.3) is 11.3 Å². The Kier molecular flexibility index (Phi) is 3.98. The van der Waals surface area contributed by atoms with Crippen molar-refractivity contribution in [2.45, 2.75) is 18.9 Å². The zero-order chi connectivity index (χ0) is 16.5. The van der Waals surface area contributed by atoms with Gasteiger partial charge in [0.15, 0.2) is 5.76 Å². The number of para-hydroxylation sites is 1. The number of piperidine rings is 1. The summed E-state index contributed by atoms with van der Waals surface area (Å²) < 4.78 is 11.0. The number of hydrogen-bond acceptors (Lipinski definition) is 5. The first kappa shape index (κ1) is 15.2. The molecule has 2 aliphatic heterocycles. The summed E-state index contributed by atoms with van der Waals surface area (Å²) in [4.78, 5) is 19.0. The fraction of sp³-hybridized carbons (Fsp3) is 0.444. The number of ether oxygens (including phenoxy) is 1. The molecular formula is C18H21N3O3. The van der Waals surface area contributed by atoms with E-state index in [1.165, 1.54) is 13.0 Å². The van der Waals surface area contributed by atoms with Gasteiger partial charge in [-0.1, -0.05) is 12.1 Å². The normalized spacial score (nSPS) is 25.5. The lowest BCUT2D eigenvalue weighted by Crippen LogP contribution is -2.47. The highest BCUT2D eigenvalue weighted by molar-refractivity contribution is 5.90. The zero-order valence-corrected chi connectivity index (χ0v) is 13.7. The summed E-state index contributed by atoms with van der Waals surface area (Å²) in [5.74, 6) is 1.78. The molecule has 2 saturated heterocycles. The molecule has 24 heavy (non-hydrogen) atoms. The van der Waals surface area contributed by atoms with E-state index in [0.29, 0.717) is 17.4 Å². The number of nitrogens with one attached hydrogen (secondary N) is 1. The average molecular weight is 327 g/mol. The number of oxazole rings is 1. The first-order valence-electron chi connectivity index (χ1n) is 8.35. The maximum Gasteiger partial charge on any atom is 0.307 e. The molecule has 3 atom stereocenters. The molecule has 2 fully saturated rings. The molecule has 1 aromatic heterocycles. The van der Waals surface area contributed by atoms with E-state index in [2.05, 4.69) is 15.2 Å². The average Bonchev–Trinajstić information content (AvgIpc) is 3.22. The zero-order valence-electron chi connectivity index (χ0n) is 13.7. The van der Waals surface area contributed by atoms with Crippen LogP contribution < -0.4 is 10.1 Å². The summed E-state index contributed by atoms with van der Waals surface area (Å²) in [7, 11) is 1.61. The number of carbonyl (C=O) groups excluding carboxylic acids is 1. The lowest BCUT2D eigenvalue weighted by Gasteiger charge is -2.30. The minimum absolute atomic E-state index is 0.101. The Balaban J connectivity index is 1.47.